The molecule has 0 bridgehead atoms. The van der Waals surface area contributed by atoms with Gasteiger partial charge in [-0.05, 0) is 56.7 Å². The van der Waals surface area contributed by atoms with Crippen LogP contribution in [-0.2, 0) is 0 Å². The molecule has 0 aliphatic carbocycles. The van der Waals surface area contributed by atoms with Crippen molar-refractivity contribution >= 4 is 0 Å². The van der Waals surface area contributed by atoms with E-state index in [1.807, 2.05) is 0 Å². The fraction of sp³-hybridized carbons (Fsp3) is 1.00. The van der Waals surface area contributed by atoms with Crippen molar-refractivity contribution in [1.82, 2.24) is 10.2 Å². The van der Waals surface area contributed by atoms with Gasteiger partial charge < -0.3 is 10.2 Å². The monoisotopic (exact) mass is 268 g/mol. The summed E-state index contributed by atoms with van der Waals surface area (Å²) >= 11 is 0. The van der Waals surface area contributed by atoms with E-state index >= 15 is 0 Å². The molecule has 0 amide bonds. The summed E-state index contributed by atoms with van der Waals surface area (Å²) in [5, 5.41) is 3.41. The summed E-state index contributed by atoms with van der Waals surface area (Å²) in [5.41, 5.74) is 1.13. The smallest absolute Gasteiger partial charge is 0.00499 e. The maximum absolute atomic E-state index is 3.41. The van der Waals surface area contributed by atoms with Gasteiger partial charge in [0, 0.05) is 13.1 Å². The highest BCUT2D eigenvalue weighted by molar-refractivity contribution is 4.88. The quantitative estimate of drug-likeness (QED) is 0.718. The Labute approximate surface area is 121 Å². The zero-order valence-electron chi connectivity index (χ0n) is 14.0. The van der Waals surface area contributed by atoms with E-state index < -0.39 is 0 Å². The zero-order chi connectivity index (χ0) is 14.4. The number of likely N-dealkylation sites (tertiary alicyclic amines) is 1. The first-order chi connectivity index (χ1) is 9.09. The minimum atomic E-state index is 0.479. The second kappa shape index (κ2) is 7.64. The standard InChI is InChI=1S/C17H36N2/c1-6-16(7-2)10-12-19(13-11-16)15-17(8-3,9-4)14-18-5/h18H,6-15H2,1-5H3. The van der Waals surface area contributed by atoms with Gasteiger partial charge in [-0.15, -0.1) is 0 Å². The van der Waals surface area contributed by atoms with Gasteiger partial charge in [-0.25, -0.2) is 0 Å². The second-order valence-corrected chi connectivity index (χ2v) is 6.72. The van der Waals surface area contributed by atoms with Crippen molar-refractivity contribution in [2.45, 2.75) is 66.2 Å². The topological polar surface area (TPSA) is 15.3 Å². The lowest BCUT2D eigenvalue weighted by molar-refractivity contribution is 0.0563. The second-order valence-electron chi connectivity index (χ2n) is 6.72. The molecule has 1 fully saturated rings. The SMILES string of the molecule is CCC1(CC)CCN(CC(CC)(CC)CNC)CC1. The average Bonchev–Trinajstić information content (AvgIpc) is 2.48. The van der Waals surface area contributed by atoms with Crippen molar-refractivity contribution in [3.63, 3.8) is 0 Å². The van der Waals surface area contributed by atoms with Gasteiger partial charge in [0.05, 0.1) is 0 Å². The Morgan fingerprint density at radius 3 is 1.89 bits per heavy atom. The highest BCUT2D eigenvalue weighted by Gasteiger charge is 2.34. The van der Waals surface area contributed by atoms with Gasteiger partial charge in [-0.2, -0.15) is 0 Å². The van der Waals surface area contributed by atoms with Crippen molar-refractivity contribution in [1.29, 1.82) is 0 Å². The molecule has 0 spiro atoms. The summed E-state index contributed by atoms with van der Waals surface area (Å²) in [7, 11) is 2.09. The minimum absolute atomic E-state index is 0.479. The van der Waals surface area contributed by atoms with Crippen LogP contribution < -0.4 is 5.32 Å². The van der Waals surface area contributed by atoms with Crippen molar-refractivity contribution in [3.8, 4) is 0 Å². The summed E-state index contributed by atoms with van der Waals surface area (Å²) in [5.74, 6) is 0. The van der Waals surface area contributed by atoms with E-state index in [9.17, 15) is 0 Å². The molecule has 2 heteroatoms. The number of hydrogen-bond donors (Lipinski definition) is 1. The molecule has 1 rings (SSSR count). The van der Waals surface area contributed by atoms with Crippen LogP contribution in [0.25, 0.3) is 0 Å². The lowest BCUT2D eigenvalue weighted by Gasteiger charge is -2.45. The average molecular weight is 268 g/mol. The fourth-order valence-electron chi connectivity index (χ4n) is 3.77. The maximum Gasteiger partial charge on any atom is 0.00499 e. The van der Waals surface area contributed by atoms with E-state index in [0.717, 1.165) is 6.54 Å². The molecule has 0 aromatic heterocycles. The summed E-state index contributed by atoms with van der Waals surface area (Å²) in [6.07, 6.45) is 8.11. The summed E-state index contributed by atoms with van der Waals surface area (Å²) in [6, 6.07) is 0. The molecule has 1 N–H and O–H groups in total. The minimum Gasteiger partial charge on any atom is -0.319 e. The van der Waals surface area contributed by atoms with E-state index in [2.05, 4.69) is 45.0 Å². The molecular formula is C17H36N2. The highest BCUT2D eigenvalue weighted by atomic mass is 15.1. The Bertz CT molecular complexity index is 232. The molecule has 0 radical (unpaired) electrons. The molecule has 0 atom stereocenters. The van der Waals surface area contributed by atoms with Crippen molar-refractivity contribution in [3.05, 3.63) is 0 Å². The molecule has 19 heavy (non-hydrogen) atoms. The number of nitrogens with one attached hydrogen (secondary N) is 1. The predicted octanol–water partition coefficient (Wildman–Crippen LogP) is 3.91. The lowest BCUT2D eigenvalue weighted by atomic mass is 9.73. The van der Waals surface area contributed by atoms with Crippen LogP contribution in [0.3, 0.4) is 0 Å². The number of rotatable bonds is 8. The first-order valence-electron chi connectivity index (χ1n) is 8.46. The van der Waals surface area contributed by atoms with Crippen LogP contribution in [0.15, 0.2) is 0 Å². The fourth-order valence-corrected chi connectivity index (χ4v) is 3.77. The molecule has 1 aliphatic rings. The molecule has 1 aliphatic heterocycles. The van der Waals surface area contributed by atoms with Gasteiger partial charge in [0.1, 0.15) is 0 Å². The molecule has 114 valence electrons. The van der Waals surface area contributed by atoms with Crippen molar-refractivity contribution in [2.75, 3.05) is 33.2 Å². The normalized spacial score (nSPS) is 20.7. The van der Waals surface area contributed by atoms with Crippen LogP contribution in [-0.4, -0.2) is 38.1 Å². The predicted molar refractivity (Wildman–Crippen MR) is 85.6 cm³/mol. The third kappa shape index (κ3) is 4.19. The van der Waals surface area contributed by atoms with Gasteiger partial charge in [0.15, 0.2) is 0 Å². The number of piperidine rings is 1. The number of hydrogen-bond acceptors (Lipinski definition) is 2. The van der Waals surface area contributed by atoms with Gasteiger partial charge in [0.25, 0.3) is 0 Å². The highest BCUT2D eigenvalue weighted by Crippen LogP contribution is 2.39. The van der Waals surface area contributed by atoms with E-state index in [4.69, 9.17) is 0 Å². The van der Waals surface area contributed by atoms with E-state index in [-0.39, 0.29) is 0 Å². The Hall–Kier alpha value is -0.0800. The van der Waals surface area contributed by atoms with Crippen LogP contribution >= 0.6 is 0 Å². The van der Waals surface area contributed by atoms with E-state index in [1.54, 1.807) is 0 Å². The van der Waals surface area contributed by atoms with Crippen molar-refractivity contribution < 1.29 is 0 Å². The molecule has 0 aromatic carbocycles. The Balaban J connectivity index is 2.55. The molecule has 1 heterocycles. The van der Waals surface area contributed by atoms with E-state index in [0.29, 0.717) is 10.8 Å². The van der Waals surface area contributed by atoms with Crippen molar-refractivity contribution in [2.24, 2.45) is 10.8 Å². The summed E-state index contributed by atoms with van der Waals surface area (Å²) < 4.78 is 0. The molecule has 2 nitrogen and oxygen atoms in total. The van der Waals surface area contributed by atoms with Crippen LogP contribution in [0.5, 0.6) is 0 Å². The third-order valence-corrected chi connectivity index (χ3v) is 6.03. The maximum atomic E-state index is 3.41. The van der Waals surface area contributed by atoms with Crippen LogP contribution in [0, 0.1) is 10.8 Å². The zero-order valence-corrected chi connectivity index (χ0v) is 14.0. The Kier molecular flexibility index (Phi) is 6.82. The first-order valence-corrected chi connectivity index (χ1v) is 8.46. The first kappa shape index (κ1) is 17.0. The lowest BCUT2D eigenvalue weighted by Crippen LogP contribution is -2.47. The largest absolute Gasteiger partial charge is 0.319 e. The van der Waals surface area contributed by atoms with Crippen LogP contribution in [0.4, 0.5) is 0 Å². The van der Waals surface area contributed by atoms with Crippen LogP contribution in [0.1, 0.15) is 66.2 Å². The summed E-state index contributed by atoms with van der Waals surface area (Å²) in [4.78, 5) is 2.73. The molecule has 1 saturated heterocycles. The molecular weight excluding hydrogens is 232 g/mol. The van der Waals surface area contributed by atoms with Gasteiger partial charge in [0.2, 0.25) is 0 Å². The van der Waals surface area contributed by atoms with Gasteiger partial charge in [-0.1, -0.05) is 40.5 Å². The summed E-state index contributed by atoms with van der Waals surface area (Å²) in [6.45, 7) is 14.5. The van der Waals surface area contributed by atoms with Gasteiger partial charge >= 0.3 is 0 Å². The molecule has 0 unspecified atom stereocenters. The van der Waals surface area contributed by atoms with Gasteiger partial charge in [-0.3, -0.25) is 0 Å². The Morgan fingerprint density at radius 2 is 1.53 bits per heavy atom. The molecule has 0 saturated carbocycles. The number of nitrogens with zero attached hydrogens (tertiary/aromatic N) is 1. The van der Waals surface area contributed by atoms with E-state index in [1.165, 1.54) is 58.2 Å². The Morgan fingerprint density at radius 1 is 1.00 bits per heavy atom. The molecule has 0 aromatic rings. The van der Waals surface area contributed by atoms with Crippen LogP contribution in [0.2, 0.25) is 0 Å². The third-order valence-electron chi connectivity index (χ3n) is 6.03.